The molecule has 0 unspecified atom stereocenters. The lowest BCUT2D eigenvalue weighted by Gasteiger charge is -2.14. The van der Waals surface area contributed by atoms with Crippen molar-refractivity contribution in [2.24, 2.45) is 0 Å². The summed E-state index contributed by atoms with van der Waals surface area (Å²) in [6.45, 7) is 3.98. The molecule has 30 heavy (non-hydrogen) atoms. The molecule has 148 valence electrons. The Labute approximate surface area is 175 Å². The number of pyridine rings is 1. The van der Waals surface area contributed by atoms with Crippen LogP contribution >= 0.6 is 0 Å². The maximum Gasteiger partial charge on any atom is 0.255 e. The maximum atomic E-state index is 12.8. The number of carbonyl (C=O) groups excluding carboxylic acids is 1. The number of amides is 1. The minimum absolute atomic E-state index is 0.166. The fourth-order valence-corrected chi connectivity index (χ4v) is 3.11. The molecule has 2 aromatic heterocycles. The first-order valence-electron chi connectivity index (χ1n) is 9.57. The van der Waals surface area contributed by atoms with Gasteiger partial charge in [0.1, 0.15) is 12.1 Å². The largest absolute Gasteiger partial charge is 0.339 e. The molecule has 4 aromatic rings. The van der Waals surface area contributed by atoms with Crippen LogP contribution in [0.15, 0.2) is 79.4 Å². The van der Waals surface area contributed by atoms with Gasteiger partial charge < -0.3 is 10.6 Å². The van der Waals surface area contributed by atoms with Crippen LogP contribution in [0, 0.1) is 13.8 Å². The topological polar surface area (TPSA) is 79.8 Å². The highest BCUT2D eigenvalue weighted by molar-refractivity contribution is 6.05. The average molecular weight is 395 g/mol. The van der Waals surface area contributed by atoms with Gasteiger partial charge in [-0.2, -0.15) is 0 Å². The van der Waals surface area contributed by atoms with E-state index in [1.807, 2.05) is 74.5 Å². The Bertz CT molecular complexity index is 1190. The molecule has 0 saturated carbocycles. The predicted octanol–water partition coefficient (Wildman–Crippen LogP) is 5.15. The van der Waals surface area contributed by atoms with Crippen LogP contribution in [0.3, 0.4) is 0 Å². The van der Waals surface area contributed by atoms with Gasteiger partial charge in [-0.3, -0.25) is 4.79 Å². The molecule has 4 rings (SSSR count). The summed E-state index contributed by atoms with van der Waals surface area (Å²) in [4.78, 5) is 25.5. The Kier molecular flexibility index (Phi) is 5.48. The number of nitrogens with zero attached hydrogens (tertiary/aromatic N) is 3. The standard InChI is InChI=1S/C24H21N5O/c1-16-5-3-6-19(13-16)28-24(30)18-9-8-17(2)22(14-18)29-23-20(7-4-11-26-23)21-10-12-25-15-27-21/h3-15H,1-2H3,(H,26,29)(H,28,30). The summed E-state index contributed by atoms with van der Waals surface area (Å²) in [5.41, 5.74) is 5.85. The van der Waals surface area contributed by atoms with Crippen molar-refractivity contribution in [2.45, 2.75) is 13.8 Å². The zero-order valence-corrected chi connectivity index (χ0v) is 16.8. The molecule has 0 spiro atoms. The van der Waals surface area contributed by atoms with Crippen molar-refractivity contribution in [3.8, 4) is 11.3 Å². The highest BCUT2D eigenvalue weighted by atomic mass is 16.1. The molecule has 0 atom stereocenters. The van der Waals surface area contributed by atoms with Gasteiger partial charge in [0.15, 0.2) is 0 Å². The minimum Gasteiger partial charge on any atom is -0.339 e. The lowest BCUT2D eigenvalue weighted by molar-refractivity contribution is 0.102. The summed E-state index contributed by atoms with van der Waals surface area (Å²) in [5, 5.41) is 6.30. The van der Waals surface area contributed by atoms with Crippen molar-refractivity contribution >= 4 is 23.1 Å². The molecule has 2 heterocycles. The molecular formula is C24H21N5O. The molecule has 0 fully saturated rings. The first-order chi connectivity index (χ1) is 14.6. The highest BCUT2D eigenvalue weighted by Gasteiger charge is 2.12. The zero-order chi connectivity index (χ0) is 20.9. The van der Waals surface area contributed by atoms with Crippen molar-refractivity contribution in [1.82, 2.24) is 15.0 Å². The van der Waals surface area contributed by atoms with E-state index in [2.05, 4.69) is 25.6 Å². The van der Waals surface area contributed by atoms with Crippen molar-refractivity contribution < 1.29 is 4.79 Å². The van der Waals surface area contributed by atoms with Crippen LogP contribution in [-0.2, 0) is 0 Å². The first kappa shape index (κ1) is 19.3. The Morgan fingerprint density at radius 2 is 1.80 bits per heavy atom. The molecule has 2 aromatic carbocycles. The van der Waals surface area contributed by atoms with E-state index in [1.165, 1.54) is 6.33 Å². The number of aromatic nitrogens is 3. The number of rotatable bonds is 5. The third-order valence-electron chi connectivity index (χ3n) is 4.69. The summed E-state index contributed by atoms with van der Waals surface area (Å²) in [7, 11) is 0. The van der Waals surface area contributed by atoms with Gasteiger partial charge in [0.05, 0.1) is 5.69 Å². The van der Waals surface area contributed by atoms with Crippen LogP contribution in [0.4, 0.5) is 17.2 Å². The molecule has 0 bridgehead atoms. The molecule has 2 N–H and O–H groups in total. The van der Waals surface area contributed by atoms with Crippen LogP contribution in [0.2, 0.25) is 0 Å². The van der Waals surface area contributed by atoms with E-state index < -0.39 is 0 Å². The molecule has 0 aliphatic rings. The number of hydrogen-bond acceptors (Lipinski definition) is 5. The molecule has 0 radical (unpaired) electrons. The van der Waals surface area contributed by atoms with Crippen LogP contribution in [-0.4, -0.2) is 20.9 Å². The quantitative estimate of drug-likeness (QED) is 0.488. The Morgan fingerprint density at radius 3 is 2.60 bits per heavy atom. The monoisotopic (exact) mass is 395 g/mol. The number of carbonyl (C=O) groups is 1. The third kappa shape index (κ3) is 4.33. The Morgan fingerprint density at radius 1 is 0.900 bits per heavy atom. The normalized spacial score (nSPS) is 10.5. The van der Waals surface area contributed by atoms with Crippen molar-refractivity contribution in [2.75, 3.05) is 10.6 Å². The van der Waals surface area contributed by atoms with E-state index in [9.17, 15) is 4.79 Å². The van der Waals surface area contributed by atoms with Crippen molar-refractivity contribution in [3.63, 3.8) is 0 Å². The summed E-state index contributed by atoms with van der Waals surface area (Å²) in [5.74, 6) is 0.497. The Balaban J connectivity index is 1.61. The summed E-state index contributed by atoms with van der Waals surface area (Å²) in [6.07, 6.45) is 4.92. The fourth-order valence-electron chi connectivity index (χ4n) is 3.11. The van der Waals surface area contributed by atoms with Gasteiger partial charge in [-0.1, -0.05) is 18.2 Å². The van der Waals surface area contributed by atoms with E-state index in [4.69, 9.17) is 0 Å². The number of aryl methyl sites for hydroxylation is 2. The van der Waals surface area contributed by atoms with Gasteiger partial charge in [-0.15, -0.1) is 0 Å². The second-order valence-corrected chi connectivity index (χ2v) is 6.97. The van der Waals surface area contributed by atoms with Gasteiger partial charge in [-0.05, 0) is 67.4 Å². The van der Waals surface area contributed by atoms with Gasteiger partial charge in [0.2, 0.25) is 0 Å². The number of nitrogens with one attached hydrogen (secondary N) is 2. The lowest BCUT2D eigenvalue weighted by Crippen LogP contribution is -2.12. The van der Waals surface area contributed by atoms with E-state index in [0.29, 0.717) is 11.4 Å². The Hall–Kier alpha value is -4.06. The highest BCUT2D eigenvalue weighted by Crippen LogP contribution is 2.28. The van der Waals surface area contributed by atoms with E-state index in [1.54, 1.807) is 12.4 Å². The number of hydrogen-bond donors (Lipinski definition) is 2. The second kappa shape index (κ2) is 8.53. The molecule has 6 heteroatoms. The van der Waals surface area contributed by atoms with E-state index in [0.717, 1.165) is 33.8 Å². The molecular weight excluding hydrogens is 374 g/mol. The smallest absolute Gasteiger partial charge is 0.255 e. The first-order valence-corrected chi connectivity index (χ1v) is 9.57. The number of anilines is 3. The summed E-state index contributed by atoms with van der Waals surface area (Å²) in [6, 6.07) is 18.9. The van der Waals surface area contributed by atoms with E-state index >= 15 is 0 Å². The van der Waals surface area contributed by atoms with Crippen LogP contribution < -0.4 is 10.6 Å². The molecule has 0 saturated heterocycles. The predicted molar refractivity (Wildman–Crippen MR) is 119 cm³/mol. The SMILES string of the molecule is Cc1cccc(NC(=O)c2ccc(C)c(Nc3ncccc3-c3ccncn3)c2)c1. The third-order valence-corrected chi connectivity index (χ3v) is 4.69. The van der Waals surface area contributed by atoms with Gasteiger partial charge in [-0.25, -0.2) is 15.0 Å². The second-order valence-electron chi connectivity index (χ2n) is 6.97. The molecule has 6 nitrogen and oxygen atoms in total. The maximum absolute atomic E-state index is 12.8. The van der Waals surface area contributed by atoms with Crippen molar-refractivity contribution in [1.29, 1.82) is 0 Å². The van der Waals surface area contributed by atoms with Gasteiger partial charge in [0.25, 0.3) is 5.91 Å². The lowest BCUT2D eigenvalue weighted by atomic mass is 10.1. The van der Waals surface area contributed by atoms with Crippen LogP contribution in [0.1, 0.15) is 21.5 Å². The van der Waals surface area contributed by atoms with Crippen LogP contribution in [0.5, 0.6) is 0 Å². The summed E-state index contributed by atoms with van der Waals surface area (Å²) >= 11 is 0. The van der Waals surface area contributed by atoms with Gasteiger partial charge in [0, 0.05) is 34.9 Å². The fraction of sp³-hybridized carbons (Fsp3) is 0.0833. The molecule has 0 aliphatic carbocycles. The summed E-state index contributed by atoms with van der Waals surface area (Å²) < 4.78 is 0. The van der Waals surface area contributed by atoms with Crippen LogP contribution in [0.25, 0.3) is 11.3 Å². The molecule has 1 amide bonds. The van der Waals surface area contributed by atoms with Gasteiger partial charge >= 0.3 is 0 Å². The van der Waals surface area contributed by atoms with Crippen molar-refractivity contribution in [3.05, 3.63) is 96.1 Å². The minimum atomic E-state index is -0.166. The number of benzene rings is 2. The zero-order valence-electron chi connectivity index (χ0n) is 16.8. The average Bonchev–Trinajstić information content (AvgIpc) is 2.76. The van der Waals surface area contributed by atoms with E-state index in [-0.39, 0.29) is 5.91 Å². The molecule has 0 aliphatic heterocycles.